The largest absolute Gasteiger partial charge is 0.0616 e. The van der Waals surface area contributed by atoms with Gasteiger partial charge in [-0.25, -0.2) is 0 Å². The normalized spacial score (nSPS) is 11.9. The van der Waals surface area contributed by atoms with E-state index in [-0.39, 0.29) is 0 Å². The molecule has 0 aliphatic carbocycles. The second-order valence-electron chi connectivity index (χ2n) is 15.2. The Kier molecular flexibility index (Phi) is 6.73. The fourth-order valence-electron chi connectivity index (χ4n) is 9.66. The maximum Gasteiger partial charge on any atom is -0.00199 e. The molecule has 0 aliphatic rings. The van der Waals surface area contributed by atoms with Gasteiger partial charge in [0.25, 0.3) is 0 Å². The molecule has 12 rings (SSSR count). The minimum atomic E-state index is 1.22. The molecule has 0 spiro atoms. The first-order chi connectivity index (χ1) is 27.8. The Morgan fingerprint density at radius 2 is 0.589 bits per heavy atom. The van der Waals surface area contributed by atoms with Crippen LogP contribution in [0.15, 0.2) is 206 Å². The zero-order chi connectivity index (χ0) is 36.7. The average Bonchev–Trinajstić information content (AvgIpc) is 3.27. The molecule has 0 amide bonds. The SMILES string of the molecule is c1ccc2cc(-c3c4ccccc4c(-c4ccc5ccccc5c4)c4cc(-c5cc6c7ccccc7c7ccccc7c6c6ccccc56)ccc34)ccc2c1. The van der Waals surface area contributed by atoms with Crippen LogP contribution in [0.2, 0.25) is 0 Å². The lowest BCUT2D eigenvalue weighted by molar-refractivity contribution is 1.67. The Morgan fingerprint density at radius 3 is 1.18 bits per heavy atom. The van der Waals surface area contributed by atoms with Crippen molar-refractivity contribution in [3.8, 4) is 33.4 Å². The van der Waals surface area contributed by atoms with Crippen LogP contribution in [0.25, 0.3) is 120 Å². The minimum Gasteiger partial charge on any atom is -0.0616 e. The predicted molar refractivity (Wildman–Crippen MR) is 243 cm³/mol. The second kappa shape index (κ2) is 12.1. The van der Waals surface area contributed by atoms with Crippen LogP contribution in [0.3, 0.4) is 0 Å². The third-order valence-electron chi connectivity index (χ3n) is 12.2. The molecule has 0 heterocycles. The number of benzene rings is 12. The third kappa shape index (κ3) is 4.60. The van der Waals surface area contributed by atoms with Gasteiger partial charge in [-0.1, -0.05) is 182 Å². The van der Waals surface area contributed by atoms with E-state index >= 15 is 0 Å². The van der Waals surface area contributed by atoms with Crippen LogP contribution in [0.5, 0.6) is 0 Å². The average molecular weight is 707 g/mol. The maximum atomic E-state index is 2.48. The summed E-state index contributed by atoms with van der Waals surface area (Å²) in [6.07, 6.45) is 0. The topological polar surface area (TPSA) is 0 Å². The van der Waals surface area contributed by atoms with Crippen molar-refractivity contribution in [1.29, 1.82) is 0 Å². The quantitative estimate of drug-likeness (QED) is 0.127. The molecule has 12 aromatic carbocycles. The molecule has 0 nitrogen and oxygen atoms in total. The molecule has 0 atom stereocenters. The minimum absolute atomic E-state index is 1.22. The van der Waals surface area contributed by atoms with E-state index in [2.05, 4.69) is 206 Å². The van der Waals surface area contributed by atoms with Crippen LogP contribution in [-0.4, -0.2) is 0 Å². The van der Waals surface area contributed by atoms with E-state index in [1.54, 1.807) is 0 Å². The van der Waals surface area contributed by atoms with Crippen LogP contribution in [0, 0.1) is 0 Å². The molecule has 56 heavy (non-hydrogen) atoms. The highest BCUT2D eigenvalue weighted by atomic mass is 14.2. The monoisotopic (exact) mass is 706 g/mol. The Labute approximate surface area is 324 Å². The summed E-state index contributed by atoms with van der Waals surface area (Å²) in [7, 11) is 0. The van der Waals surface area contributed by atoms with E-state index in [1.807, 2.05) is 0 Å². The van der Waals surface area contributed by atoms with Crippen LogP contribution in [0.4, 0.5) is 0 Å². The Bertz CT molecular complexity index is 3590. The van der Waals surface area contributed by atoms with Gasteiger partial charge in [-0.2, -0.15) is 0 Å². The van der Waals surface area contributed by atoms with Gasteiger partial charge in [-0.3, -0.25) is 0 Å². The summed E-state index contributed by atoms with van der Waals surface area (Å²) in [5.41, 5.74) is 7.48. The maximum absolute atomic E-state index is 2.48. The van der Waals surface area contributed by atoms with E-state index in [4.69, 9.17) is 0 Å². The van der Waals surface area contributed by atoms with E-state index in [0.717, 1.165) is 0 Å². The van der Waals surface area contributed by atoms with E-state index in [0.29, 0.717) is 0 Å². The molecule has 0 aliphatic heterocycles. The van der Waals surface area contributed by atoms with Gasteiger partial charge >= 0.3 is 0 Å². The number of rotatable bonds is 3. The number of hydrogen-bond acceptors (Lipinski definition) is 0. The number of fused-ring (bicyclic) bond motifs is 12. The molecule has 0 radical (unpaired) electrons. The van der Waals surface area contributed by atoms with Crippen molar-refractivity contribution in [2.45, 2.75) is 0 Å². The van der Waals surface area contributed by atoms with Gasteiger partial charge < -0.3 is 0 Å². The first kappa shape index (κ1) is 31.1. The summed E-state index contributed by atoms with van der Waals surface area (Å²) in [6.45, 7) is 0. The van der Waals surface area contributed by atoms with Crippen molar-refractivity contribution < 1.29 is 0 Å². The molecule has 0 aromatic heterocycles. The standard InChI is InChI=1S/C56H34/c1-3-15-37-31-40(27-25-35(37)13-1)54-48-23-11-12-24-49(48)55(41-28-26-36-14-2-4-16-38(36)32-41)52-33-39(29-30-50(52)54)51-34-53-44-19-6-5-17-42(44)43-18-7-9-21-46(43)56(53)47-22-10-8-20-45(47)51/h1-34H. The molecule has 0 fully saturated rings. The summed E-state index contributed by atoms with van der Waals surface area (Å²) in [5.74, 6) is 0. The Balaban J connectivity index is 1.22. The van der Waals surface area contributed by atoms with Crippen molar-refractivity contribution in [1.82, 2.24) is 0 Å². The Hall–Kier alpha value is -7.28. The summed E-state index contributed by atoms with van der Waals surface area (Å²) in [5, 5.41) is 20.4. The van der Waals surface area contributed by atoms with Crippen molar-refractivity contribution in [2.24, 2.45) is 0 Å². The van der Waals surface area contributed by atoms with Crippen LogP contribution in [0.1, 0.15) is 0 Å². The fourth-order valence-corrected chi connectivity index (χ4v) is 9.66. The molecule has 0 N–H and O–H groups in total. The lowest BCUT2D eigenvalue weighted by Crippen LogP contribution is -1.93. The highest BCUT2D eigenvalue weighted by Crippen LogP contribution is 2.48. The fraction of sp³-hybridized carbons (Fsp3) is 0. The van der Waals surface area contributed by atoms with Gasteiger partial charge in [0, 0.05) is 0 Å². The summed E-state index contributed by atoms with van der Waals surface area (Å²) < 4.78 is 0. The van der Waals surface area contributed by atoms with Crippen molar-refractivity contribution >= 4 is 86.2 Å². The third-order valence-corrected chi connectivity index (χ3v) is 12.2. The van der Waals surface area contributed by atoms with E-state index in [1.165, 1.54) is 120 Å². The Morgan fingerprint density at radius 1 is 0.196 bits per heavy atom. The molecule has 0 saturated heterocycles. The predicted octanol–water partition coefficient (Wildman–Crippen LogP) is 15.9. The van der Waals surface area contributed by atoms with Gasteiger partial charge in [0.05, 0.1) is 0 Å². The van der Waals surface area contributed by atoms with Gasteiger partial charge in [-0.15, -0.1) is 0 Å². The summed E-state index contributed by atoms with van der Waals surface area (Å²) >= 11 is 0. The van der Waals surface area contributed by atoms with E-state index in [9.17, 15) is 0 Å². The second-order valence-corrected chi connectivity index (χ2v) is 15.2. The van der Waals surface area contributed by atoms with Gasteiger partial charge in [0.2, 0.25) is 0 Å². The van der Waals surface area contributed by atoms with Crippen LogP contribution in [-0.2, 0) is 0 Å². The smallest absolute Gasteiger partial charge is 0.00199 e. The van der Waals surface area contributed by atoms with Crippen molar-refractivity contribution in [3.63, 3.8) is 0 Å². The first-order valence-corrected chi connectivity index (χ1v) is 19.5. The van der Waals surface area contributed by atoms with Crippen LogP contribution >= 0.6 is 0 Å². The molecular formula is C56H34. The molecule has 0 saturated carbocycles. The summed E-state index contributed by atoms with van der Waals surface area (Å²) in [4.78, 5) is 0. The highest BCUT2D eigenvalue weighted by Gasteiger charge is 2.20. The van der Waals surface area contributed by atoms with Gasteiger partial charge in [0.1, 0.15) is 0 Å². The molecule has 258 valence electrons. The van der Waals surface area contributed by atoms with Crippen LogP contribution < -0.4 is 0 Å². The zero-order valence-corrected chi connectivity index (χ0v) is 30.6. The summed E-state index contributed by atoms with van der Waals surface area (Å²) in [6, 6.07) is 76.8. The van der Waals surface area contributed by atoms with Gasteiger partial charge in [0.15, 0.2) is 0 Å². The molecule has 0 unspecified atom stereocenters. The molecule has 0 heteroatoms. The molecule has 12 aromatic rings. The molecule has 0 bridgehead atoms. The highest BCUT2D eigenvalue weighted by molar-refractivity contribution is 6.33. The van der Waals surface area contributed by atoms with Crippen molar-refractivity contribution in [3.05, 3.63) is 206 Å². The zero-order valence-electron chi connectivity index (χ0n) is 30.6. The lowest BCUT2D eigenvalue weighted by Gasteiger charge is -2.20. The van der Waals surface area contributed by atoms with Gasteiger partial charge in [-0.05, 0) is 144 Å². The van der Waals surface area contributed by atoms with E-state index < -0.39 is 0 Å². The number of hydrogen-bond donors (Lipinski definition) is 0. The van der Waals surface area contributed by atoms with Crippen molar-refractivity contribution in [2.75, 3.05) is 0 Å². The first-order valence-electron chi connectivity index (χ1n) is 19.5. The lowest BCUT2D eigenvalue weighted by atomic mass is 9.83. The molecular weight excluding hydrogens is 673 g/mol.